The highest BCUT2D eigenvalue weighted by Gasteiger charge is 2.48. The largest absolute Gasteiger partial charge is 0.507 e. The van der Waals surface area contributed by atoms with Crippen molar-refractivity contribution in [3.8, 4) is 5.75 Å². The fraction of sp³-hybridized carbons (Fsp3) is 0.115. The third-order valence-corrected chi connectivity index (χ3v) is 7.12. The van der Waals surface area contributed by atoms with E-state index in [4.69, 9.17) is 16.3 Å². The zero-order valence-corrected chi connectivity index (χ0v) is 20.8. The summed E-state index contributed by atoms with van der Waals surface area (Å²) in [6, 6.07) is 15.9. The molecule has 0 radical (unpaired) electrons. The molecule has 0 aliphatic carbocycles. The van der Waals surface area contributed by atoms with Gasteiger partial charge >= 0.3 is 5.91 Å². The summed E-state index contributed by atoms with van der Waals surface area (Å²) in [7, 11) is 0. The van der Waals surface area contributed by atoms with Gasteiger partial charge in [-0.25, -0.2) is 4.98 Å². The first-order valence-electron chi connectivity index (χ1n) is 11.1. The number of benzene rings is 3. The van der Waals surface area contributed by atoms with Gasteiger partial charge in [-0.15, -0.1) is 0 Å². The van der Waals surface area contributed by atoms with Crippen LogP contribution >= 0.6 is 22.9 Å². The predicted molar refractivity (Wildman–Crippen MR) is 140 cm³/mol. The highest BCUT2D eigenvalue weighted by atomic mass is 35.5. The van der Waals surface area contributed by atoms with Crippen molar-refractivity contribution >= 4 is 61.4 Å². The second kappa shape index (κ2) is 9.64. The number of amides is 1. The van der Waals surface area contributed by atoms with Gasteiger partial charge in [0, 0.05) is 22.7 Å². The zero-order chi connectivity index (χ0) is 26.3. The number of anilines is 1. The summed E-state index contributed by atoms with van der Waals surface area (Å²) in [5.74, 6) is -1.52. The number of ether oxygens (including phenoxy) is 1. The lowest BCUT2D eigenvalue weighted by molar-refractivity contribution is -0.384. The van der Waals surface area contributed by atoms with Crippen molar-refractivity contribution in [3.63, 3.8) is 0 Å². The molecule has 1 N–H and O–H groups in total. The maximum atomic E-state index is 13.4. The molecule has 1 aromatic heterocycles. The number of halogens is 1. The Bertz CT molecular complexity index is 1580. The van der Waals surface area contributed by atoms with Crippen molar-refractivity contribution in [3.05, 3.63) is 98.6 Å². The Kier molecular flexibility index (Phi) is 6.36. The molecular weight excluding hydrogens is 518 g/mol. The lowest BCUT2D eigenvalue weighted by Crippen LogP contribution is -2.29. The number of ketones is 1. The highest BCUT2D eigenvalue weighted by molar-refractivity contribution is 7.22. The third kappa shape index (κ3) is 4.41. The van der Waals surface area contributed by atoms with Gasteiger partial charge in [0.2, 0.25) is 0 Å². The number of nitro benzene ring substituents is 1. The number of hydrogen-bond acceptors (Lipinski definition) is 8. The lowest BCUT2D eigenvalue weighted by atomic mass is 9.95. The number of rotatable bonds is 6. The molecule has 9 nitrogen and oxygen atoms in total. The second-order valence-electron chi connectivity index (χ2n) is 8.08. The van der Waals surface area contributed by atoms with Gasteiger partial charge in [0.15, 0.2) is 5.13 Å². The Morgan fingerprint density at radius 2 is 1.84 bits per heavy atom. The standard InChI is InChI=1S/C26H18ClN3O6S/c1-2-36-18-11-12-19-20(13-18)37-26(28-19)29-22(14-5-9-17(10-6-14)30(34)35)21(24(32)25(29)33)23(31)15-3-7-16(27)8-4-15/h3-13,22,31H,2H2,1H3/t22-/m1/s1. The molecule has 0 bridgehead atoms. The number of nitro groups is 1. The third-order valence-electron chi connectivity index (χ3n) is 5.85. The quantitative estimate of drug-likeness (QED) is 0.107. The summed E-state index contributed by atoms with van der Waals surface area (Å²) >= 11 is 7.16. The highest BCUT2D eigenvalue weighted by Crippen LogP contribution is 2.45. The number of Topliss-reactive ketones (excluding diaryl/α,β-unsaturated/α-hetero) is 1. The van der Waals surface area contributed by atoms with E-state index in [1.165, 1.54) is 52.6 Å². The Morgan fingerprint density at radius 3 is 2.49 bits per heavy atom. The van der Waals surface area contributed by atoms with Crippen LogP contribution in [-0.2, 0) is 9.59 Å². The Morgan fingerprint density at radius 1 is 1.14 bits per heavy atom. The second-order valence-corrected chi connectivity index (χ2v) is 9.53. The van der Waals surface area contributed by atoms with Crippen LogP contribution in [0.2, 0.25) is 5.02 Å². The van der Waals surface area contributed by atoms with E-state index in [2.05, 4.69) is 4.98 Å². The predicted octanol–water partition coefficient (Wildman–Crippen LogP) is 5.88. The molecule has 0 spiro atoms. The number of fused-ring (bicyclic) bond motifs is 1. The van der Waals surface area contributed by atoms with E-state index in [1.54, 1.807) is 30.3 Å². The maximum absolute atomic E-state index is 13.4. The van der Waals surface area contributed by atoms with Crippen LogP contribution in [0.4, 0.5) is 10.8 Å². The van der Waals surface area contributed by atoms with Gasteiger partial charge in [0.25, 0.3) is 11.5 Å². The van der Waals surface area contributed by atoms with Crippen LogP contribution in [0.25, 0.3) is 16.0 Å². The van der Waals surface area contributed by atoms with E-state index >= 15 is 0 Å². The summed E-state index contributed by atoms with van der Waals surface area (Å²) in [4.78, 5) is 43.1. The van der Waals surface area contributed by atoms with E-state index in [0.717, 1.165) is 4.70 Å². The van der Waals surface area contributed by atoms with Crippen LogP contribution in [0.3, 0.4) is 0 Å². The number of aromatic nitrogens is 1. The topological polar surface area (TPSA) is 123 Å². The molecule has 2 heterocycles. The average Bonchev–Trinajstić information content (AvgIpc) is 3.42. The molecule has 1 aliphatic heterocycles. The van der Waals surface area contributed by atoms with Crippen LogP contribution < -0.4 is 9.64 Å². The fourth-order valence-electron chi connectivity index (χ4n) is 4.14. The fourth-order valence-corrected chi connectivity index (χ4v) is 5.29. The van der Waals surface area contributed by atoms with Crippen molar-refractivity contribution < 1.29 is 24.4 Å². The van der Waals surface area contributed by atoms with Crippen molar-refractivity contribution in [2.45, 2.75) is 13.0 Å². The Balaban J connectivity index is 1.69. The van der Waals surface area contributed by atoms with Crippen molar-refractivity contribution in [2.75, 3.05) is 11.5 Å². The van der Waals surface area contributed by atoms with E-state index in [9.17, 15) is 24.8 Å². The number of aliphatic hydroxyl groups is 1. The molecular formula is C26H18ClN3O6S. The van der Waals surface area contributed by atoms with Gasteiger partial charge in [-0.1, -0.05) is 22.9 Å². The number of carbonyl (C=O) groups is 2. The minimum Gasteiger partial charge on any atom is -0.507 e. The van der Waals surface area contributed by atoms with Crippen LogP contribution in [-0.4, -0.2) is 33.3 Å². The smallest absolute Gasteiger partial charge is 0.301 e. The van der Waals surface area contributed by atoms with Crippen LogP contribution in [0.15, 0.2) is 72.3 Å². The monoisotopic (exact) mass is 535 g/mol. The van der Waals surface area contributed by atoms with Gasteiger partial charge in [-0.2, -0.15) is 0 Å². The van der Waals surface area contributed by atoms with Gasteiger partial charge in [0.05, 0.1) is 33.4 Å². The molecule has 0 saturated carbocycles. The molecule has 0 unspecified atom stereocenters. The molecule has 1 saturated heterocycles. The number of nitrogens with zero attached hydrogens (tertiary/aromatic N) is 3. The molecule has 5 rings (SSSR count). The van der Waals surface area contributed by atoms with Crippen LogP contribution in [0.5, 0.6) is 5.75 Å². The van der Waals surface area contributed by atoms with Gasteiger partial charge in [0.1, 0.15) is 11.5 Å². The summed E-state index contributed by atoms with van der Waals surface area (Å²) in [5, 5.41) is 23.0. The molecule has 4 aromatic rings. The minimum absolute atomic E-state index is 0.151. The average molecular weight is 536 g/mol. The van der Waals surface area contributed by atoms with Crippen LogP contribution in [0, 0.1) is 10.1 Å². The number of aliphatic hydroxyl groups excluding tert-OH is 1. The van der Waals surface area contributed by atoms with Crippen molar-refractivity contribution in [1.29, 1.82) is 0 Å². The summed E-state index contributed by atoms with van der Waals surface area (Å²) in [6.07, 6.45) is 0. The molecule has 1 atom stereocenters. The first kappa shape index (κ1) is 24.4. The van der Waals surface area contributed by atoms with Crippen molar-refractivity contribution in [1.82, 2.24) is 4.98 Å². The Hall–Kier alpha value is -4.28. The lowest BCUT2D eigenvalue weighted by Gasteiger charge is -2.22. The summed E-state index contributed by atoms with van der Waals surface area (Å²) in [5.41, 5.74) is 0.984. The normalized spacial score (nSPS) is 16.9. The Labute approximate surface area is 219 Å². The zero-order valence-electron chi connectivity index (χ0n) is 19.3. The minimum atomic E-state index is -1.07. The molecule has 186 valence electrons. The SMILES string of the molecule is CCOc1ccc2nc(N3C(=O)C(=O)C(=C(O)c4ccc(Cl)cc4)[C@H]3c3ccc([N+](=O)[O-])cc3)sc2c1. The number of non-ortho nitro benzene ring substituents is 1. The van der Waals surface area contributed by atoms with Gasteiger partial charge in [-0.3, -0.25) is 24.6 Å². The molecule has 3 aromatic carbocycles. The first-order valence-corrected chi connectivity index (χ1v) is 12.3. The molecule has 11 heteroatoms. The number of thiazole rings is 1. The van der Waals surface area contributed by atoms with Crippen molar-refractivity contribution in [2.24, 2.45) is 0 Å². The number of carbonyl (C=O) groups excluding carboxylic acids is 2. The van der Waals surface area contributed by atoms with Gasteiger partial charge < -0.3 is 9.84 Å². The van der Waals surface area contributed by atoms with Gasteiger partial charge in [-0.05, 0) is 67.1 Å². The van der Waals surface area contributed by atoms with E-state index in [0.29, 0.717) is 34.0 Å². The summed E-state index contributed by atoms with van der Waals surface area (Å²) < 4.78 is 6.29. The van der Waals surface area contributed by atoms with E-state index < -0.39 is 22.7 Å². The van der Waals surface area contributed by atoms with E-state index in [1.807, 2.05) is 6.92 Å². The van der Waals surface area contributed by atoms with E-state index in [-0.39, 0.29) is 22.2 Å². The molecule has 1 amide bonds. The van der Waals surface area contributed by atoms with Crippen LogP contribution in [0.1, 0.15) is 24.1 Å². The molecule has 1 fully saturated rings. The summed E-state index contributed by atoms with van der Waals surface area (Å²) in [6.45, 7) is 2.35. The molecule has 37 heavy (non-hydrogen) atoms. The molecule has 1 aliphatic rings. The first-order chi connectivity index (χ1) is 17.8. The maximum Gasteiger partial charge on any atom is 0.301 e. The number of hydrogen-bond donors (Lipinski definition) is 1.